The fourth-order valence-electron chi connectivity index (χ4n) is 1.09. The second-order valence-electron chi connectivity index (χ2n) is 3.39. The molecule has 1 unspecified atom stereocenters. The van der Waals surface area contributed by atoms with Gasteiger partial charge in [-0.3, -0.25) is 0 Å². The molecule has 0 aliphatic carbocycles. The second-order valence-corrected chi connectivity index (χ2v) is 3.39. The largest absolute Gasteiger partial charge is 0.491 e. The topological polar surface area (TPSA) is 69.9 Å². The van der Waals surface area contributed by atoms with Crippen LogP contribution in [0.15, 0.2) is 24.3 Å². The van der Waals surface area contributed by atoms with Crippen molar-refractivity contribution in [2.24, 2.45) is 0 Å². The van der Waals surface area contributed by atoms with Gasteiger partial charge in [0.25, 0.3) is 0 Å². The number of benzene rings is 1. The quantitative estimate of drug-likeness (QED) is 0.663. The average molecular weight is 212 g/mol. The van der Waals surface area contributed by atoms with Gasteiger partial charge in [0.1, 0.15) is 18.5 Å². The molecule has 0 heterocycles. The van der Waals surface area contributed by atoms with E-state index < -0.39 is 12.2 Å². The van der Waals surface area contributed by atoms with Gasteiger partial charge in [0.15, 0.2) is 0 Å². The molecule has 2 atom stereocenters. The molecule has 1 rings (SSSR count). The summed E-state index contributed by atoms with van der Waals surface area (Å²) in [4.78, 5) is 0. The van der Waals surface area contributed by atoms with Crippen LogP contribution in [0.25, 0.3) is 0 Å². The van der Waals surface area contributed by atoms with Crippen LogP contribution < -0.4 is 4.74 Å². The molecule has 4 heteroatoms. The Hall–Kier alpha value is -1.10. The minimum atomic E-state index is -0.860. The van der Waals surface area contributed by atoms with Crippen molar-refractivity contribution in [3.63, 3.8) is 0 Å². The maximum Gasteiger partial charge on any atom is 0.119 e. The van der Waals surface area contributed by atoms with E-state index in [1.807, 2.05) is 0 Å². The van der Waals surface area contributed by atoms with Crippen molar-refractivity contribution in [2.75, 3.05) is 13.2 Å². The molecule has 4 nitrogen and oxygen atoms in total. The van der Waals surface area contributed by atoms with E-state index >= 15 is 0 Å². The zero-order valence-corrected chi connectivity index (χ0v) is 8.63. The molecule has 1 aromatic carbocycles. The number of aliphatic hydroxyl groups is 3. The molecule has 3 N–H and O–H groups in total. The van der Waals surface area contributed by atoms with Gasteiger partial charge < -0.3 is 20.1 Å². The zero-order valence-electron chi connectivity index (χ0n) is 8.63. The average Bonchev–Trinajstić information content (AvgIpc) is 2.26. The predicted octanol–water partition coefficient (Wildman–Crippen LogP) is 0.472. The van der Waals surface area contributed by atoms with Crippen LogP contribution in [-0.2, 0) is 0 Å². The van der Waals surface area contributed by atoms with Crippen LogP contribution in [0, 0.1) is 0 Å². The van der Waals surface area contributed by atoms with E-state index in [0.29, 0.717) is 5.75 Å². The summed E-state index contributed by atoms with van der Waals surface area (Å²) in [6.07, 6.45) is -1.36. The van der Waals surface area contributed by atoms with Crippen molar-refractivity contribution in [1.82, 2.24) is 0 Å². The van der Waals surface area contributed by atoms with Crippen molar-refractivity contribution in [2.45, 2.75) is 19.1 Å². The van der Waals surface area contributed by atoms with Crippen molar-refractivity contribution < 1.29 is 20.1 Å². The van der Waals surface area contributed by atoms with Crippen LogP contribution in [0.2, 0.25) is 0 Å². The Morgan fingerprint density at radius 2 is 1.80 bits per heavy atom. The summed E-state index contributed by atoms with van der Waals surface area (Å²) in [7, 11) is 0. The number of hydrogen-bond acceptors (Lipinski definition) is 4. The van der Waals surface area contributed by atoms with Crippen molar-refractivity contribution in [3.8, 4) is 5.75 Å². The summed E-state index contributed by atoms with van der Waals surface area (Å²) in [5.74, 6) is 0.604. The lowest BCUT2D eigenvalue weighted by Gasteiger charge is -2.10. The van der Waals surface area contributed by atoms with Crippen LogP contribution >= 0.6 is 0 Å². The van der Waals surface area contributed by atoms with Gasteiger partial charge in [-0.05, 0) is 24.6 Å². The number of rotatable bonds is 5. The van der Waals surface area contributed by atoms with E-state index in [-0.39, 0.29) is 13.2 Å². The van der Waals surface area contributed by atoms with Gasteiger partial charge in [-0.15, -0.1) is 0 Å². The number of aliphatic hydroxyl groups excluding tert-OH is 3. The highest BCUT2D eigenvalue weighted by atomic mass is 16.5. The Morgan fingerprint density at radius 1 is 1.20 bits per heavy atom. The number of ether oxygens (including phenoxy) is 1. The Bertz CT molecular complexity index is 281. The van der Waals surface area contributed by atoms with Gasteiger partial charge in [-0.25, -0.2) is 0 Å². The summed E-state index contributed by atoms with van der Waals surface area (Å²) < 4.78 is 5.20. The minimum absolute atomic E-state index is 0.0600. The first kappa shape index (κ1) is 12.0. The van der Waals surface area contributed by atoms with Crippen molar-refractivity contribution >= 4 is 0 Å². The fourth-order valence-corrected chi connectivity index (χ4v) is 1.09. The third-order valence-electron chi connectivity index (χ3n) is 2.02. The first-order chi connectivity index (χ1) is 7.13. The fraction of sp³-hybridized carbons (Fsp3) is 0.455. The second kappa shape index (κ2) is 5.70. The van der Waals surface area contributed by atoms with Crippen LogP contribution in [0.4, 0.5) is 0 Å². The van der Waals surface area contributed by atoms with Crippen molar-refractivity contribution in [1.29, 1.82) is 0 Å². The maximum absolute atomic E-state index is 9.26. The van der Waals surface area contributed by atoms with Gasteiger partial charge >= 0.3 is 0 Å². The molecular weight excluding hydrogens is 196 g/mol. The molecular formula is C11H16O4. The monoisotopic (exact) mass is 212 g/mol. The zero-order chi connectivity index (χ0) is 11.3. The molecule has 0 aromatic heterocycles. The van der Waals surface area contributed by atoms with Gasteiger partial charge in [-0.1, -0.05) is 12.1 Å². The van der Waals surface area contributed by atoms with E-state index in [4.69, 9.17) is 14.9 Å². The molecule has 15 heavy (non-hydrogen) atoms. The van der Waals surface area contributed by atoms with E-state index in [1.165, 1.54) is 0 Å². The SMILES string of the molecule is C[C@@H](O)c1ccc(OCC(O)CO)cc1. The summed E-state index contributed by atoms with van der Waals surface area (Å²) in [6, 6.07) is 6.94. The highest BCUT2D eigenvalue weighted by molar-refractivity contribution is 5.28. The lowest BCUT2D eigenvalue weighted by molar-refractivity contribution is 0.0536. The van der Waals surface area contributed by atoms with Gasteiger partial charge in [0, 0.05) is 0 Å². The highest BCUT2D eigenvalue weighted by Crippen LogP contribution is 2.17. The van der Waals surface area contributed by atoms with Gasteiger partial charge in [-0.2, -0.15) is 0 Å². The van der Waals surface area contributed by atoms with Crippen LogP contribution in [0.1, 0.15) is 18.6 Å². The Kier molecular flexibility index (Phi) is 4.55. The molecule has 84 valence electrons. The normalized spacial score (nSPS) is 14.7. The van der Waals surface area contributed by atoms with Gasteiger partial charge in [0.05, 0.1) is 12.7 Å². The van der Waals surface area contributed by atoms with E-state index in [9.17, 15) is 5.11 Å². The van der Waals surface area contributed by atoms with E-state index in [1.54, 1.807) is 31.2 Å². The van der Waals surface area contributed by atoms with Crippen molar-refractivity contribution in [3.05, 3.63) is 29.8 Å². The molecule has 0 bridgehead atoms. The molecule has 0 saturated heterocycles. The Morgan fingerprint density at radius 3 is 2.27 bits per heavy atom. The molecule has 0 spiro atoms. The Labute approximate surface area is 88.8 Å². The maximum atomic E-state index is 9.26. The standard InChI is InChI=1S/C11H16O4/c1-8(13)9-2-4-11(5-3-9)15-7-10(14)6-12/h2-5,8,10,12-14H,6-7H2,1H3/t8-,10?/m1/s1. The molecule has 0 aliphatic heterocycles. The summed E-state index contributed by atoms with van der Waals surface area (Å²) in [5.41, 5.74) is 0.810. The smallest absolute Gasteiger partial charge is 0.119 e. The molecule has 1 aromatic rings. The minimum Gasteiger partial charge on any atom is -0.491 e. The lowest BCUT2D eigenvalue weighted by atomic mass is 10.1. The van der Waals surface area contributed by atoms with Crippen LogP contribution in [0.3, 0.4) is 0 Å². The van der Waals surface area contributed by atoms with E-state index in [0.717, 1.165) is 5.56 Å². The lowest BCUT2D eigenvalue weighted by Crippen LogP contribution is -2.21. The van der Waals surface area contributed by atoms with Gasteiger partial charge in [0.2, 0.25) is 0 Å². The molecule has 0 radical (unpaired) electrons. The Balaban J connectivity index is 2.50. The molecule has 0 fully saturated rings. The third kappa shape index (κ3) is 3.87. The molecule has 0 saturated carbocycles. The van der Waals surface area contributed by atoms with E-state index in [2.05, 4.69) is 0 Å². The van der Waals surface area contributed by atoms with Crippen LogP contribution in [-0.4, -0.2) is 34.6 Å². The van der Waals surface area contributed by atoms with Crippen LogP contribution in [0.5, 0.6) is 5.75 Å². The summed E-state index contributed by atoms with van der Waals surface area (Å²) in [6.45, 7) is 1.43. The first-order valence-corrected chi connectivity index (χ1v) is 4.83. The summed E-state index contributed by atoms with van der Waals surface area (Å²) in [5, 5.41) is 26.9. The molecule has 0 aliphatic rings. The molecule has 0 amide bonds. The third-order valence-corrected chi connectivity index (χ3v) is 2.02. The number of hydrogen-bond donors (Lipinski definition) is 3. The predicted molar refractivity (Wildman–Crippen MR) is 55.7 cm³/mol. The highest BCUT2D eigenvalue weighted by Gasteiger charge is 2.04. The summed E-state index contributed by atoms with van der Waals surface area (Å²) >= 11 is 0. The first-order valence-electron chi connectivity index (χ1n) is 4.83.